The van der Waals surface area contributed by atoms with Crippen LogP contribution in [-0.2, 0) is 5.75 Å². The summed E-state index contributed by atoms with van der Waals surface area (Å²) in [6, 6.07) is 8.24. The monoisotopic (exact) mass is 340 g/mol. The number of aromatic amines is 1. The van der Waals surface area contributed by atoms with Gasteiger partial charge in [0.2, 0.25) is 0 Å². The van der Waals surface area contributed by atoms with E-state index in [1.807, 2.05) is 26.0 Å². The standard InChI is InChI=1S/C13H13BrN2S2/c1-8-9(2)15-12(16-13(8)17)7-18-11-5-3-4-10(14)6-11/h3-6H,7H2,1-2H3,(H,15,16,17). The van der Waals surface area contributed by atoms with Crippen molar-refractivity contribution in [1.82, 2.24) is 9.97 Å². The zero-order valence-electron chi connectivity index (χ0n) is 10.2. The number of hydrogen-bond donors (Lipinski definition) is 1. The molecule has 1 aromatic heterocycles. The third kappa shape index (κ3) is 3.43. The average Bonchev–Trinajstić information content (AvgIpc) is 2.33. The maximum absolute atomic E-state index is 5.23. The molecule has 0 aliphatic rings. The van der Waals surface area contributed by atoms with Gasteiger partial charge in [0.15, 0.2) is 0 Å². The first-order chi connectivity index (χ1) is 8.56. The van der Waals surface area contributed by atoms with E-state index in [1.54, 1.807) is 11.8 Å². The van der Waals surface area contributed by atoms with Crippen LogP contribution >= 0.6 is 39.9 Å². The second kappa shape index (κ2) is 5.99. The van der Waals surface area contributed by atoms with E-state index in [1.165, 1.54) is 4.90 Å². The summed E-state index contributed by atoms with van der Waals surface area (Å²) in [5.74, 6) is 1.72. The Bertz CT molecular complexity index is 623. The third-order valence-electron chi connectivity index (χ3n) is 2.62. The summed E-state index contributed by atoms with van der Waals surface area (Å²) in [6.45, 7) is 4.02. The minimum absolute atomic E-state index is 0.691. The van der Waals surface area contributed by atoms with Crippen LogP contribution in [0.1, 0.15) is 17.1 Å². The van der Waals surface area contributed by atoms with Crippen molar-refractivity contribution in [2.75, 3.05) is 0 Å². The molecular formula is C13H13BrN2S2. The van der Waals surface area contributed by atoms with Crippen molar-refractivity contribution in [2.24, 2.45) is 0 Å². The number of aryl methyl sites for hydroxylation is 1. The molecule has 94 valence electrons. The molecule has 1 heterocycles. The molecule has 0 fully saturated rings. The van der Waals surface area contributed by atoms with Crippen LogP contribution < -0.4 is 0 Å². The van der Waals surface area contributed by atoms with E-state index in [-0.39, 0.29) is 0 Å². The van der Waals surface area contributed by atoms with Gasteiger partial charge in [-0.25, -0.2) is 4.98 Å². The molecule has 0 atom stereocenters. The molecular weight excluding hydrogens is 328 g/mol. The van der Waals surface area contributed by atoms with Gasteiger partial charge in [0.1, 0.15) is 10.5 Å². The van der Waals surface area contributed by atoms with Gasteiger partial charge in [0, 0.05) is 20.6 Å². The highest BCUT2D eigenvalue weighted by atomic mass is 79.9. The van der Waals surface area contributed by atoms with Crippen molar-refractivity contribution >= 4 is 39.9 Å². The number of thioether (sulfide) groups is 1. The van der Waals surface area contributed by atoms with E-state index in [9.17, 15) is 0 Å². The van der Waals surface area contributed by atoms with E-state index in [4.69, 9.17) is 12.2 Å². The average molecular weight is 341 g/mol. The molecule has 18 heavy (non-hydrogen) atoms. The molecule has 1 aromatic carbocycles. The Kier molecular flexibility index (Phi) is 4.59. The van der Waals surface area contributed by atoms with E-state index < -0.39 is 0 Å². The number of nitrogens with zero attached hydrogens (tertiary/aromatic N) is 1. The van der Waals surface area contributed by atoms with Crippen molar-refractivity contribution in [2.45, 2.75) is 24.5 Å². The van der Waals surface area contributed by atoms with Crippen LogP contribution in [0.5, 0.6) is 0 Å². The first-order valence-corrected chi connectivity index (χ1v) is 7.69. The summed E-state index contributed by atoms with van der Waals surface area (Å²) in [6.07, 6.45) is 0. The lowest BCUT2D eigenvalue weighted by molar-refractivity contribution is 0.962. The highest BCUT2D eigenvalue weighted by molar-refractivity contribution is 9.10. The molecule has 0 radical (unpaired) electrons. The Balaban J connectivity index is 2.14. The molecule has 0 saturated carbocycles. The van der Waals surface area contributed by atoms with Crippen LogP contribution in [0.4, 0.5) is 0 Å². The minimum atomic E-state index is 0.691. The van der Waals surface area contributed by atoms with E-state index >= 15 is 0 Å². The topological polar surface area (TPSA) is 28.7 Å². The highest BCUT2D eigenvalue weighted by Crippen LogP contribution is 2.24. The Labute approximate surface area is 124 Å². The van der Waals surface area contributed by atoms with Gasteiger partial charge >= 0.3 is 0 Å². The molecule has 0 amide bonds. The zero-order valence-corrected chi connectivity index (χ0v) is 13.4. The molecule has 1 N–H and O–H groups in total. The lowest BCUT2D eigenvalue weighted by Gasteiger charge is -2.06. The van der Waals surface area contributed by atoms with E-state index in [0.29, 0.717) is 4.64 Å². The molecule has 2 rings (SSSR count). The molecule has 2 aromatic rings. The third-order valence-corrected chi connectivity index (χ3v) is 4.52. The van der Waals surface area contributed by atoms with E-state index in [2.05, 4.69) is 38.0 Å². The highest BCUT2D eigenvalue weighted by Gasteiger charge is 2.02. The molecule has 0 spiro atoms. The van der Waals surface area contributed by atoms with Gasteiger partial charge in [0.05, 0.1) is 5.75 Å². The van der Waals surface area contributed by atoms with Crippen LogP contribution in [-0.4, -0.2) is 9.97 Å². The van der Waals surface area contributed by atoms with Gasteiger partial charge in [-0.05, 0) is 32.0 Å². The van der Waals surface area contributed by atoms with Crippen molar-refractivity contribution in [3.63, 3.8) is 0 Å². The summed E-state index contributed by atoms with van der Waals surface area (Å²) >= 11 is 10.4. The number of halogens is 1. The number of nitrogens with one attached hydrogen (secondary N) is 1. The lowest BCUT2D eigenvalue weighted by Crippen LogP contribution is -1.98. The van der Waals surface area contributed by atoms with Crippen molar-refractivity contribution in [1.29, 1.82) is 0 Å². The van der Waals surface area contributed by atoms with Crippen molar-refractivity contribution in [3.05, 3.63) is 50.5 Å². The minimum Gasteiger partial charge on any atom is -0.346 e. The van der Waals surface area contributed by atoms with Gasteiger partial charge in [-0.1, -0.05) is 34.2 Å². The Morgan fingerprint density at radius 1 is 1.39 bits per heavy atom. The predicted molar refractivity (Wildman–Crippen MR) is 82.6 cm³/mol. The number of aromatic nitrogens is 2. The molecule has 0 aliphatic carbocycles. The molecule has 0 unspecified atom stereocenters. The largest absolute Gasteiger partial charge is 0.346 e. The fourth-order valence-electron chi connectivity index (χ4n) is 1.48. The predicted octanol–water partition coefficient (Wildman–Crippen LogP) is 4.81. The van der Waals surface area contributed by atoms with Crippen LogP contribution in [0.2, 0.25) is 0 Å². The van der Waals surface area contributed by atoms with Gasteiger partial charge in [-0.15, -0.1) is 11.8 Å². The second-order valence-corrected chi connectivity index (χ2v) is 6.34. The summed E-state index contributed by atoms with van der Waals surface area (Å²) in [7, 11) is 0. The van der Waals surface area contributed by atoms with Crippen LogP contribution in [0.15, 0.2) is 33.6 Å². The smallest absolute Gasteiger partial charge is 0.132 e. The van der Waals surface area contributed by atoms with Crippen molar-refractivity contribution in [3.8, 4) is 0 Å². The number of H-pyrrole nitrogens is 1. The van der Waals surface area contributed by atoms with E-state index in [0.717, 1.165) is 27.3 Å². The number of hydrogen-bond acceptors (Lipinski definition) is 3. The molecule has 5 heteroatoms. The van der Waals surface area contributed by atoms with Crippen LogP contribution in [0.3, 0.4) is 0 Å². The van der Waals surface area contributed by atoms with Gasteiger partial charge in [0.25, 0.3) is 0 Å². The molecule has 0 bridgehead atoms. The summed E-state index contributed by atoms with van der Waals surface area (Å²) < 4.78 is 1.78. The van der Waals surface area contributed by atoms with Gasteiger partial charge in [-0.2, -0.15) is 0 Å². The number of benzene rings is 1. The first-order valence-electron chi connectivity index (χ1n) is 5.51. The lowest BCUT2D eigenvalue weighted by atomic mass is 10.3. The number of rotatable bonds is 3. The Morgan fingerprint density at radius 2 is 2.17 bits per heavy atom. The van der Waals surface area contributed by atoms with Crippen LogP contribution in [0.25, 0.3) is 0 Å². The fraction of sp³-hybridized carbons (Fsp3) is 0.231. The quantitative estimate of drug-likeness (QED) is 0.641. The van der Waals surface area contributed by atoms with Crippen LogP contribution in [0, 0.1) is 18.5 Å². The van der Waals surface area contributed by atoms with Crippen molar-refractivity contribution < 1.29 is 0 Å². The molecule has 2 nitrogen and oxygen atoms in total. The second-order valence-electron chi connectivity index (χ2n) is 3.98. The molecule has 0 saturated heterocycles. The maximum atomic E-state index is 5.23. The Morgan fingerprint density at radius 3 is 2.83 bits per heavy atom. The SMILES string of the molecule is Cc1[nH]c(CSc2cccc(Br)c2)nc(=S)c1C. The summed E-state index contributed by atoms with van der Waals surface area (Å²) in [4.78, 5) is 8.90. The Hall–Kier alpha value is -0.650. The first kappa shape index (κ1) is 13.8. The fourth-order valence-corrected chi connectivity index (χ4v) is 3.12. The summed E-state index contributed by atoms with van der Waals surface area (Å²) in [5, 5.41) is 0. The van der Waals surface area contributed by atoms with Gasteiger partial charge in [-0.3, -0.25) is 0 Å². The normalized spacial score (nSPS) is 10.6. The summed E-state index contributed by atoms with van der Waals surface area (Å²) in [5.41, 5.74) is 2.15. The molecule has 0 aliphatic heterocycles. The van der Waals surface area contributed by atoms with Gasteiger partial charge < -0.3 is 4.98 Å². The zero-order chi connectivity index (χ0) is 13.1. The maximum Gasteiger partial charge on any atom is 0.132 e.